The van der Waals surface area contributed by atoms with Gasteiger partial charge in [-0.05, 0) is 52.2 Å². The lowest BCUT2D eigenvalue weighted by molar-refractivity contribution is 0.00417. The van der Waals surface area contributed by atoms with Crippen LogP contribution in [0.4, 0.5) is 10.5 Å². The van der Waals surface area contributed by atoms with Crippen LogP contribution in [0.2, 0.25) is 5.02 Å². The molecule has 2 unspecified atom stereocenters. The van der Waals surface area contributed by atoms with Crippen LogP contribution < -0.4 is 5.32 Å². The third-order valence-electron chi connectivity index (χ3n) is 5.34. The number of aromatic nitrogens is 2. The van der Waals surface area contributed by atoms with Crippen molar-refractivity contribution in [3.63, 3.8) is 0 Å². The van der Waals surface area contributed by atoms with Gasteiger partial charge in [-0.25, -0.2) is 9.78 Å². The number of anilines is 1. The number of carbonyl (C=O) groups is 2. The standard InChI is InChI=1S/C21H25ClN4O3/c1-21(2,3)29-20(28)25-12-18-23-11-17(26(18)16-10-6-9-15(16)25)19(27)24-14-8-5-4-7-13(14)22/h4-5,7-8,11,15-16H,6,9-10,12H2,1-3H3,(H,24,27). The Balaban J connectivity index is 1.61. The van der Waals surface area contributed by atoms with Crippen molar-refractivity contribution in [1.29, 1.82) is 0 Å². The molecule has 4 rings (SSSR count). The summed E-state index contributed by atoms with van der Waals surface area (Å²) in [6, 6.07) is 7.14. The van der Waals surface area contributed by atoms with Gasteiger partial charge in [-0.2, -0.15) is 0 Å². The lowest BCUT2D eigenvalue weighted by Gasteiger charge is -2.39. The summed E-state index contributed by atoms with van der Waals surface area (Å²) in [7, 11) is 0. The fraction of sp³-hybridized carbons (Fsp3) is 0.476. The zero-order valence-corrected chi connectivity index (χ0v) is 17.6. The number of halogens is 1. The molecule has 0 spiro atoms. The molecule has 29 heavy (non-hydrogen) atoms. The third kappa shape index (κ3) is 3.83. The van der Waals surface area contributed by atoms with Crippen LogP contribution in [0.15, 0.2) is 30.5 Å². The number of hydrogen-bond donors (Lipinski definition) is 1. The van der Waals surface area contributed by atoms with Crippen molar-refractivity contribution in [1.82, 2.24) is 14.5 Å². The Morgan fingerprint density at radius 3 is 2.66 bits per heavy atom. The Kier molecular flexibility index (Phi) is 5.02. The summed E-state index contributed by atoms with van der Waals surface area (Å²) < 4.78 is 7.59. The first-order valence-corrected chi connectivity index (χ1v) is 10.2. The molecular weight excluding hydrogens is 392 g/mol. The second-order valence-electron chi connectivity index (χ2n) is 8.54. The Morgan fingerprint density at radius 1 is 1.21 bits per heavy atom. The summed E-state index contributed by atoms with van der Waals surface area (Å²) in [5, 5.41) is 3.35. The Hall–Kier alpha value is -2.54. The molecule has 154 valence electrons. The molecule has 2 aliphatic rings. The number of imidazole rings is 1. The van der Waals surface area contributed by atoms with E-state index in [1.165, 1.54) is 0 Å². The van der Waals surface area contributed by atoms with Gasteiger partial charge >= 0.3 is 6.09 Å². The van der Waals surface area contributed by atoms with Crippen molar-refractivity contribution in [2.75, 3.05) is 5.32 Å². The van der Waals surface area contributed by atoms with Gasteiger partial charge in [0.05, 0.1) is 35.5 Å². The summed E-state index contributed by atoms with van der Waals surface area (Å²) in [6.45, 7) is 5.91. The van der Waals surface area contributed by atoms with Crippen LogP contribution in [0, 0.1) is 0 Å². The molecule has 1 fully saturated rings. The van der Waals surface area contributed by atoms with Crippen LogP contribution in [0.25, 0.3) is 0 Å². The Bertz CT molecular complexity index is 950. The van der Waals surface area contributed by atoms with Gasteiger partial charge in [0.1, 0.15) is 17.1 Å². The molecule has 0 radical (unpaired) electrons. The van der Waals surface area contributed by atoms with Gasteiger partial charge in [0, 0.05) is 0 Å². The van der Waals surface area contributed by atoms with Crippen molar-refractivity contribution < 1.29 is 14.3 Å². The molecule has 1 aliphatic carbocycles. The minimum atomic E-state index is -0.557. The highest BCUT2D eigenvalue weighted by atomic mass is 35.5. The number of fused-ring (bicyclic) bond motifs is 3. The van der Waals surface area contributed by atoms with E-state index in [-0.39, 0.29) is 24.1 Å². The second kappa shape index (κ2) is 7.37. The predicted molar refractivity (Wildman–Crippen MR) is 110 cm³/mol. The van der Waals surface area contributed by atoms with Crippen molar-refractivity contribution >= 4 is 29.3 Å². The number of hydrogen-bond acceptors (Lipinski definition) is 4. The highest BCUT2D eigenvalue weighted by Crippen LogP contribution is 2.40. The number of nitrogens with one attached hydrogen (secondary N) is 1. The molecule has 1 N–H and O–H groups in total. The lowest BCUT2D eigenvalue weighted by Crippen LogP contribution is -2.49. The first kappa shape index (κ1) is 19.8. The average Bonchev–Trinajstić information content (AvgIpc) is 3.27. The molecular formula is C21H25ClN4O3. The van der Waals surface area contributed by atoms with E-state index in [4.69, 9.17) is 16.3 Å². The maximum Gasteiger partial charge on any atom is 0.411 e. The zero-order chi connectivity index (χ0) is 20.8. The van der Waals surface area contributed by atoms with E-state index in [1.54, 1.807) is 23.2 Å². The number of rotatable bonds is 2. The van der Waals surface area contributed by atoms with E-state index in [2.05, 4.69) is 10.3 Å². The van der Waals surface area contributed by atoms with Crippen LogP contribution >= 0.6 is 11.6 Å². The fourth-order valence-electron chi connectivity index (χ4n) is 4.18. The smallest absolute Gasteiger partial charge is 0.411 e. The maximum absolute atomic E-state index is 13.0. The highest BCUT2D eigenvalue weighted by molar-refractivity contribution is 6.33. The molecule has 2 amide bonds. The summed E-state index contributed by atoms with van der Waals surface area (Å²) in [5.74, 6) is 0.441. The summed E-state index contributed by atoms with van der Waals surface area (Å²) >= 11 is 6.17. The Morgan fingerprint density at radius 2 is 1.93 bits per heavy atom. The molecule has 1 aromatic heterocycles. The normalized spacial score (nSPS) is 20.8. The summed E-state index contributed by atoms with van der Waals surface area (Å²) in [6.07, 6.45) is 4.01. The van der Waals surface area contributed by atoms with Crippen LogP contribution in [-0.2, 0) is 11.3 Å². The van der Waals surface area contributed by atoms with Gasteiger partial charge in [-0.1, -0.05) is 23.7 Å². The van der Waals surface area contributed by atoms with E-state index in [0.29, 0.717) is 28.8 Å². The van der Waals surface area contributed by atoms with Crippen molar-refractivity contribution in [2.24, 2.45) is 0 Å². The van der Waals surface area contributed by atoms with E-state index in [0.717, 1.165) is 19.3 Å². The minimum absolute atomic E-state index is 0.00147. The number of amides is 2. The molecule has 7 nitrogen and oxygen atoms in total. The molecule has 1 aliphatic heterocycles. The topological polar surface area (TPSA) is 76.5 Å². The highest BCUT2D eigenvalue weighted by Gasteiger charge is 2.44. The van der Waals surface area contributed by atoms with Gasteiger partial charge < -0.3 is 14.6 Å². The molecule has 8 heteroatoms. The van der Waals surface area contributed by atoms with Gasteiger partial charge in [-0.3, -0.25) is 9.69 Å². The third-order valence-corrected chi connectivity index (χ3v) is 5.67. The summed E-state index contributed by atoms with van der Waals surface area (Å²) in [4.78, 5) is 31.9. The second-order valence-corrected chi connectivity index (χ2v) is 8.94. The van der Waals surface area contributed by atoms with E-state index in [9.17, 15) is 9.59 Å². The first-order chi connectivity index (χ1) is 13.7. The molecule has 0 bridgehead atoms. The molecule has 2 heterocycles. The Labute approximate surface area is 175 Å². The zero-order valence-electron chi connectivity index (χ0n) is 16.8. The molecule has 2 atom stereocenters. The first-order valence-electron chi connectivity index (χ1n) is 9.86. The minimum Gasteiger partial charge on any atom is -0.444 e. The van der Waals surface area contributed by atoms with Crippen molar-refractivity contribution in [2.45, 2.75) is 64.3 Å². The van der Waals surface area contributed by atoms with Gasteiger partial charge in [-0.15, -0.1) is 0 Å². The van der Waals surface area contributed by atoms with Crippen molar-refractivity contribution in [3.8, 4) is 0 Å². The quantitative estimate of drug-likeness (QED) is 0.774. The fourth-order valence-corrected chi connectivity index (χ4v) is 4.36. The van der Waals surface area contributed by atoms with Crippen LogP contribution in [0.1, 0.15) is 62.4 Å². The van der Waals surface area contributed by atoms with Gasteiger partial charge in [0.25, 0.3) is 5.91 Å². The van der Waals surface area contributed by atoms with Gasteiger partial charge in [0.15, 0.2) is 0 Å². The molecule has 0 saturated heterocycles. The lowest BCUT2D eigenvalue weighted by atomic mass is 10.1. The van der Waals surface area contributed by atoms with Crippen LogP contribution in [0.5, 0.6) is 0 Å². The number of benzene rings is 1. The monoisotopic (exact) mass is 416 g/mol. The SMILES string of the molecule is CC(C)(C)OC(=O)N1Cc2ncc(C(=O)Nc3ccccc3Cl)n2C2CCCC21. The maximum atomic E-state index is 13.0. The number of carbonyl (C=O) groups excluding carboxylic acids is 2. The van der Waals surface area contributed by atoms with Crippen molar-refractivity contribution in [3.05, 3.63) is 47.0 Å². The summed E-state index contributed by atoms with van der Waals surface area (Å²) in [5.41, 5.74) is 0.488. The predicted octanol–water partition coefficient (Wildman–Crippen LogP) is 4.63. The van der Waals surface area contributed by atoms with E-state index < -0.39 is 5.60 Å². The number of para-hydroxylation sites is 1. The van der Waals surface area contributed by atoms with E-state index in [1.807, 2.05) is 37.5 Å². The molecule has 1 aromatic carbocycles. The van der Waals surface area contributed by atoms with Gasteiger partial charge in [0.2, 0.25) is 0 Å². The number of nitrogens with zero attached hydrogens (tertiary/aromatic N) is 3. The molecule has 1 saturated carbocycles. The average molecular weight is 417 g/mol. The molecule has 2 aromatic rings. The van der Waals surface area contributed by atoms with Crippen LogP contribution in [0.3, 0.4) is 0 Å². The number of ether oxygens (including phenoxy) is 1. The van der Waals surface area contributed by atoms with Crippen LogP contribution in [-0.4, -0.2) is 38.1 Å². The van der Waals surface area contributed by atoms with E-state index >= 15 is 0 Å². The largest absolute Gasteiger partial charge is 0.444 e.